The normalized spacial score (nSPS) is 16.4. The molecule has 5 nitrogen and oxygen atoms in total. The molecule has 138 valence electrons. The lowest BCUT2D eigenvalue weighted by atomic mass is 10.0. The maximum atomic E-state index is 12.8. The average molecular weight is 355 g/mol. The minimum absolute atomic E-state index is 0.0133. The predicted octanol–water partition coefficient (Wildman–Crippen LogP) is 3.75. The first-order valence-corrected chi connectivity index (χ1v) is 8.84. The Morgan fingerprint density at radius 1 is 1.12 bits per heavy atom. The highest BCUT2D eigenvalue weighted by Crippen LogP contribution is 2.39. The topological polar surface area (TPSA) is 48.0 Å². The van der Waals surface area contributed by atoms with Crippen molar-refractivity contribution >= 4 is 5.91 Å². The summed E-state index contributed by atoms with van der Waals surface area (Å²) in [5.74, 6) is 2.27. The van der Waals surface area contributed by atoms with Crippen molar-refractivity contribution in [2.75, 3.05) is 27.4 Å². The molecule has 0 N–H and O–H groups in total. The molecule has 26 heavy (non-hydrogen) atoms. The second-order valence-electron chi connectivity index (χ2n) is 6.41. The van der Waals surface area contributed by atoms with Crippen molar-refractivity contribution in [3.63, 3.8) is 0 Å². The van der Waals surface area contributed by atoms with Gasteiger partial charge in [0.1, 0.15) is 17.2 Å². The molecule has 5 heteroatoms. The monoisotopic (exact) mass is 355 g/mol. The van der Waals surface area contributed by atoms with Crippen LogP contribution in [0.15, 0.2) is 42.5 Å². The van der Waals surface area contributed by atoms with Crippen LogP contribution in [0.2, 0.25) is 0 Å². The van der Waals surface area contributed by atoms with E-state index in [0.717, 1.165) is 47.8 Å². The fourth-order valence-corrected chi connectivity index (χ4v) is 3.43. The number of para-hydroxylation sites is 1. The van der Waals surface area contributed by atoms with Crippen LogP contribution < -0.4 is 14.2 Å². The first-order chi connectivity index (χ1) is 12.6. The maximum Gasteiger partial charge on any atom is 0.261 e. The Morgan fingerprint density at radius 3 is 2.65 bits per heavy atom. The zero-order valence-corrected chi connectivity index (χ0v) is 15.5. The van der Waals surface area contributed by atoms with E-state index in [-0.39, 0.29) is 18.6 Å². The minimum atomic E-state index is -0.0204. The van der Waals surface area contributed by atoms with E-state index < -0.39 is 0 Å². The lowest BCUT2D eigenvalue weighted by molar-refractivity contribution is -0.134. The number of hydrogen-bond donors (Lipinski definition) is 0. The number of methoxy groups -OCH3 is 2. The molecule has 1 heterocycles. The Morgan fingerprint density at radius 2 is 1.92 bits per heavy atom. The third kappa shape index (κ3) is 3.77. The number of amides is 1. The molecule has 1 atom stereocenters. The van der Waals surface area contributed by atoms with Crippen LogP contribution in [-0.4, -0.2) is 38.2 Å². The van der Waals surface area contributed by atoms with Crippen molar-refractivity contribution in [1.82, 2.24) is 4.90 Å². The fraction of sp³-hybridized carbons (Fsp3) is 0.381. The molecule has 0 aromatic heterocycles. The van der Waals surface area contributed by atoms with Gasteiger partial charge in [0.2, 0.25) is 0 Å². The second kappa shape index (κ2) is 8.13. The molecule has 1 saturated heterocycles. The third-order valence-electron chi connectivity index (χ3n) is 4.81. The molecular weight excluding hydrogens is 330 g/mol. The summed E-state index contributed by atoms with van der Waals surface area (Å²) in [5, 5.41) is 0. The van der Waals surface area contributed by atoms with Crippen LogP contribution >= 0.6 is 0 Å². The van der Waals surface area contributed by atoms with E-state index >= 15 is 0 Å². The van der Waals surface area contributed by atoms with Gasteiger partial charge in [-0.1, -0.05) is 18.2 Å². The van der Waals surface area contributed by atoms with Gasteiger partial charge in [-0.25, -0.2) is 0 Å². The van der Waals surface area contributed by atoms with Crippen molar-refractivity contribution in [2.24, 2.45) is 0 Å². The van der Waals surface area contributed by atoms with Crippen molar-refractivity contribution in [2.45, 2.75) is 25.8 Å². The van der Waals surface area contributed by atoms with Crippen LogP contribution in [0.3, 0.4) is 0 Å². The van der Waals surface area contributed by atoms with Crippen LogP contribution in [0.5, 0.6) is 17.2 Å². The van der Waals surface area contributed by atoms with Gasteiger partial charge >= 0.3 is 0 Å². The Labute approximate surface area is 154 Å². The molecule has 0 unspecified atom stereocenters. The minimum Gasteiger partial charge on any atom is -0.497 e. The number of rotatable bonds is 6. The Hall–Kier alpha value is -2.69. The average Bonchev–Trinajstić information content (AvgIpc) is 3.16. The number of ether oxygens (including phenoxy) is 3. The Bertz CT molecular complexity index is 774. The number of benzene rings is 2. The van der Waals surface area contributed by atoms with Crippen LogP contribution in [0.4, 0.5) is 0 Å². The molecule has 0 spiro atoms. The molecule has 2 aromatic rings. The van der Waals surface area contributed by atoms with E-state index in [1.54, 1.807) is 14.2 Å². The zero-order chi connectivity index (χ0) is 18.5. The van der Waals surface area contributed by atoms with Crippen molar-refractivity contribution in [3.8, 4) is 17.2 Å². The molecule has 1 fully saturated rings. The number of carbonyl (C=O) groups excluding carboxylic acids is 1. The molecule has 1 amide bonds. The second-order valence-corrected chi connectivity index (χ2v) is 6.41. The lowest BCUT2D eigenvalue weighted by Gasteiger charge is -2.26. The number of nitrogens with zero attached hydrogens (tertiary/aromatic N) is 1. The van der Waals surface area contributed by atoms with Gasteiger partial charge in [-0.05, 0) is 49.6 Å². The summed E-state index contributed by atoms with van der Waals surface area (Å²) in [6.07, 6.45) is 1.86. The summed E-state index contributed by atoms with van der Waals surface area (Å²) >= 11 is 0. The van der Waals surface area contributed by atoms with Crippen LogP contribution in [0, 0.1) is 6.92 Å². The number of likely N-dealkylation sites (tertiary alicyclic amines) is 1. The SMILES string of the molecule is COc1ccc(OC)c([C@@H]2CCCN2C(=O)COc2ccccc2C)c1. The fourth-order valence-electron chi connectivity index (χ4n) is 3.43. The van der Waals surface area contributed by atoms with E-state index in [1.807, 2.05) is 54.3 Å². The maximum absolute atomic E-state index is 12.8. The van der Waals surface area contributed by atoms with E-state index in [9.17, 15) is 4.79 Å². The van der Waals surface area contributed by atoms with Gasteiger partial charge in [-0.15, -0.1) is 0 Å². The van der Waals surface area contributed by atoms with Crippen LogP contribution in [0.1, 0.15) is 30.0 Å². The van der Waals surface area contributed by atoms with Crippen molar-refractivity contribution in [1.29, 1.82) is 0 Å². The van der Waals surface area contributed by atoms with Gasteiger partial charge in [0.05, 0.1) is 20.3 Å². The smallest absolute Gasteiger partial charge is 0.261 e. The summed E-state index contributed by atoms with van der Waals surface area (Å²) in [6.45, 7) is 2.73. The van der Waals surface area contributed by atoms with Gasteiger partial charge < -0.3 is 19.1 Å². The van der Waals surface area contributed by atoms with Gasteiger partial charge in [0.15, 0.2) is 6.61 Å². The predicted molar refractivity (Wildman–Crippen MR) is 99.9 cm³/mol. The summed E-state index contributed by atoms with van der Waals surface area (Å²) in [4.78, 5) is 14.7. The highest BCUT2D eigenvalue weighted by molar-refractivity contribution is 5.79. The van der Waals surface area contributed by atoms with Crippen LogP contribution in [-0.2, 0) is 4.79 Å². The molecule has 2 aromatic carbocycles. The summed E-state index contributed by atoms with van der Waals surface area (Å²) < 4.78 is 16.6. The van der Waals surface area contributed by atoms with Crippen molar-refractivity contribution in [3.05, 3.63) is 53.6 Å². The van der Waals surface area contributed by atoms with Crippen molar-refractivity contribution < 1.29 is 19.0 Å². The Balaban J connectivity index is 1.75. The summed E-state index contributed by atoms with van der Waals surface area (Å²) in [5.41, 5.74) is 2.00. The highest BCUT2D eigenvalue weighted by atomic mass is 16.5. The first-order valence-electron chi connectivity index (χ1n) is 8.84. The molecular formula is C21H25NO4. The first kappa shape index (κ1) is 18.1. The third-order valence-corrected chi connectivity index (χ3v) is 4.81. The molecule has 1 aliphatic heterocycles. The highest BCUT2D eigenvalue weighted by Gasteiger charge is 2.32. The van der Waals surface area contributed by atoms with Gasteiger partial charge in [-0.2, -0.15) is 0 Å². The largest absolute Gasteiger partial charge is 0.497 e. The number of aryl methyl sites for hydroxylation is 1. The molecule has 0 radical (unpaired) electrons. The Kier molecular flexibility index (Phi) is 5.66. The molecule has 0 saturated carbocycles. The molecule has 0 aliphatic carbocycles. The zero-order valence-electron chi connectivity index (χ0n) is 15.5. The quantitative estimate of drug-likeness (QED) is 0.792. The van der Waals surface area contributed by atoms with E-state index in [4.69, 9.17) is 14.2 Å². The number of carbonyl (C=O) groups is 1. The van der Waals surface area contributed by atoms with Gasteiger partial charge in [0.25, 0.3) is 5.91 Å². The van der Waals surface area contributed by atoms with Crippen LogP contribution in [0.25, 0.3) is 0 Å². The van der Waals surface area contributed by atoms with Gasteiger partial charge in [-0.3, -0.25) is 4.79 Å². The van der Waals surface area contributed by atoms with Gasteiger partial charge in [0, 0.05) is 12.1 Å². The summed E-state index contributed by atoms with van der Waals surface area (Å²) in [6, 6.07) is 13.4. The molecule has 1 aliphatic rings. The van der Waals surface area contributed by atoms with E-state index in [1.165, 1.54) is 0 Å². The molecule has 0 bridgehead atoms. The van der Waals surface area contributed by atoms with E-state index in [2.05, 4.69) is 0 Å². The lowest BCUT2D eigenvalue weighted by Crippen LogP contribution is -2.34. The summed E-state index contributed by atoms with van der Waals surface area (Å²) in [7, 11) is 3.28. The number of hydrogen-bond acceptors (Lipinski definition) is 4. The van der Waals surface area contributed by atoms with E-state index in [0.29, 0.717) is 0 Å². The standard InChI is InChI=1S/C21H25NO4/c1-15-7-4-5-9-19(15)26-14-21(23)22-12-6-8-18(22)17-13-16(24-2)10-11-20(17)25-3/h4-5,7,9-11,13,18H,6,8,12,14H2,1-3H3/t18-/m0/s1. The molecule has 3 rings (SSSR count).